The quantitative estimate of drug-likeness (QED) is 0.515. The van der Waals surface area contributed by atoms with E-state index in [0.717, 1.165) is 49.2 Å². The molecular weight excluding hydrogens is 342 g/mol. The second-order valence-electron chi connectivity index (χ2n) is 7.10. The molecule has 27 heavy (non-hydrogen) atoms. The van der Waals surface area contributed by atoms with E-state index in [4.69, 9.17) is 0 Å². The van der Waals surface area contributed by atoms with Crippen LogP contribution in [0.15, 0.2) is 36.7 Å². The molecule has 140 valence electrons. The number of pyridine rings is 1. The van der Waals surface area contributed by atoms with Gasteiger partial charge in [-0.1, -0.05) is 12.1 Å². The summed E-state index contributed by atoms with van der Waals surface area (Å²) in [5, 5.41) is 16.6. The van der Waals surface area contributed by atoms with E-state index < -0.39 is 0 Å². The van der Waals surface area contributed by atoms with Gasteiger partial charge in [-0.3, -0.25) is 14.8 Å². The van der Waals surface area contributed by atoms with Crippen LogP contribution in [0, 0.1) is 17.0 Å². The molecule has 0 aliphatic carbocycles. The molecule has 0 N–H and O–H groups in total. The Morgan fingerprint density at radius 2 is 2.07 bits per heavy atom. The van der Waals surface area contributed by atoms with Gasteiger partial charge in [0.05, 0.1) is 11.1 Å². The number of nitrogens with zero attached hydrogens (tertiary/aromatic N) is 5. The van der Waals surface area contributed by atoms with E-state index in [9.17, 15) is 10.1 Å². The third kappa shape index (κ3) is 3.25. The first-order chi connectivity index (χ1) is 13.1. The van der Waals surface area contributed by atoms with Gasteiger partial charge in [-0.15, -0.1) is 0 Å². The van der Waals surface area contributed by atoms with Crippen molar-refractivity contribution < 1.29 is 4.92 Å². The molecule has 0 unspecified atom stereocenters. The smallest absolute Gasteiger partial charge is 0.295 e. The number of fused-ring (bicyclic) bond motifs is 1. The number of non-ortho nitro benzene ring substituents is 1. The van der Waals surface area contributed by atoms with Crippen LogP contribution < -0.4 is 4.90 Å². The molecule has 1 aromatic carbocycles. The number of hydrogen-bond acceptors (Lipinski definition) is 5. The second kappa shape index (κ2) is 6.98. The molecule has 3 heterocycles. The Kier molecular flexibility index (Phi) is 4.51. The van der Waals surface area contributed by atoms with Crippen LogP contribution in [-0.2, 0) is 6.54 Å². The van der Waals surface area contributed by atoms with E-state index in [-0.39, 0.29) is 10.6 Å². The number of anilines is 1. The lowest BCUT2D eigenvalue weighted by Gasteiger charge is -2.34. The number of aryl methyl sites for hydroxylation is 2. The van der Waals surface area contributed by atoms with Crippen molar-refractivity contribution in [3.63, 3.8) is 0 Å². The minimum Gasteiger partial charge on any atom is -0.371 e. The Labute approximate surface area is 157 Å². The minimum atomic E-state index is -0.351. The summed E-state index contributed by atoms with van der Waals surface area (Å²) in [7, 11) is 0. The molecular formula is C20H23N5O2. The van der Waals surface area contributed by atoms with Crippen LogP contribution in [0.2, 0.25) is 0 Å². The average Bonchev–Trinajstić information content (AvgIpc) is 3.16. The van der Waals surface area contributed by atoms with Crippen molar-refractivity contribution in [3.8, 4) is 0 Å². The summed E-state index contributed by atoms with van der Waals surface area (Å²) in [5.74, 6) is 0.519. The largest absolute Gasteiger partial charge is 0.371 e. The maximum atomic E-state index is 11.4. The van der Waals surface area contributed by atoms with E-state index in [2.05, 4.69) is 28.1 Å². The van der Waals surface area contributed by atoms with Crippen LogP contribution in [0.3, 0.4) is 0 Å². The van der Waals surface area contributed by atoms with Crippen molar-refractivity contribution in [3.05, 3.63) is 58.0 Å². The average molecular weight is 365 g/mol. The van der Waals surface area contributed by atoms with Crippen molar-refractivity contribution in [2.75, 3.05) is 18.0 Å². The molecule has 4 rings (SSSR count). The number of para-hydroxylation sites is 1. The fraction of sp³-hybridized carbons (Fsp3) is 0.400. The summed E-state index contributed by atoms with van der Waals surface area (Å²) in [4.78, 5) is 17.8. The molecule has 0 bridgehead atoms. The predicted octanol–water partition coefficient (Wildman–Crippen LogP) is 4.05. The molecule has 0 saturated carbocycles. The molecule has 1 fully saturated rings. The van der Waals surface area contributed by atoms with Crippen molar-refractivity contribution in [1.29, 1.82) is 0 Å². The summed E-state index contributed by atoms with van der Waals surface area (Å²) in [6.07, 6.45) is 6.23. The normalized spacial score (nSPS) is 15.4. The van der Waals surface area contributed by atoms with E-state index in [0.29, 0.717) is 11.4 Å². The van der Waals surface area contributed by atoms with Crippen LogP contribution in [0.1, 0.15) is 36.9 Å². The molecule has 0 atom stereocenters. The van der Waals surface area contributed by atoms with Crippen LogP contribution in [-0.4, -0.2) is 32.8 Å². The van der Waals surface area contributed by atoms with Gasteiger partial charge in [-0.2, -0.15) is 5.10 Å². The predicted molar refractivity (Wildman–Crippen MR) is 105 cm³/mol. The van der Waals surface area contributed by atoms with Crippen LogP contribution in [0.25, 0.3) is 10.9 Å². The van der Waals surface area contributed by atoms with Crippen LogP contribution in [0.5, 0.6) is 0 Å². The zero-order valence-corrected chi connectivity index (χ0v) is 15.6. The highest BCUT2D eigenvalue weighted by Gasteiger charge is 2.24. The zero-order chi connectivity index (χ0) is 19.0. The van der Waals surface area contributed by atoms with Gasteiger partial charge < -0.3 is 4.90 Å². The van der Waals surface area contributed by atoms with Gasteiger partial charge in [0.15, 0.2) is 5.52 Å². The fourth-order valence-corrected chi connectivity index (χ4v) is 3.97. The Morgan fingerprint density at radius 3 is 2.74 bits per heavy atom. The Morgan fingerprint density at radius 1 is 1.30 bits per heavy atom. The number of benzene rings is 1. The molecule has 0 radical (unpaired) electrons. The molecule has 7 nitrogen and oxygen atoms in total. The zero-order valence-electron chi connectivity index (χ0n) is 15.6. The fourth-order valence-electron chi connectivity index (χ4n) is 3.97. The summed E-state index contributed by atoms with van der Waals surface area (Å²) in [6.45, 7) is 6.72. The number of piperidine rings is 1. The Bertz CT molecular complexity index is 989. The summed E-state index contributed by atoms with van der Waals surface area (Å²) in [5.41, 5.74) is 3.70. The topological polar surface area (TPSA) is 77.1 Å². The van der Waals surface area contributed by atoms with E-state index in [1.165, 1.54) is 11.6 Å². The number of aromatic nitrogens is 3. The highest BCUT2D eigenvalue weighted by molar-refractivity contribution is 5.97. The third-order valence-electron chi connectivity index (χ3n) is 5.41. The van der Waals surface area contributed by atoms with Crippen molar-refractivity contribution in [1.82, 2.24) is 14.8 Å². The maximum absolute atomic E-state index is 11.4. The van der Waals surface area contributed by atoms with Crippen LogP contribution >= 0.6 is 0 Å². The van der Waals surface area contributed by atoms with Crippen LogP contribution in [0.4, 0.5) is 11.4 Å². The van der Waals surface area contributed by atoms with Gasteiger partial charge in [0.25, 0.3) is 5.69 Å². The lowest BCUT2D eigenvalue weighted by Crippen LogP contribution is -2.33. The highest BCUT2D eigenvalue weighted by Crippen LogP contribution is 2.36. The van der Waals surface area contributed by atoms with E-state index in [1.54, 1.807) is 6.07 Å². The molecule has 0 spiro atoms. The lowest BCUT2D eigenvalue weighted by molar-refractivity contribution is -0.383. The van der Waals surface area contributed by atoms with E-state index in [1.807, 2.05) is 29.9 Å². The number of nitro benzene ring substituents is 1. The number of nitro groups is 1. The maximum Gasteiger partial charge on any atom is 0.295 e. The standard InChI is InChI=1S/C20H23N5O2/c1-3-24-13-16(12-21-24)15-7-9-23(10-8-15)19-11-14(2)22-20-17(19)5-4-6-18(20)25(26)27/h4-6,11-13,15H,3,7-10H2,1-2H3. The summed E-state index contributed by atoms with van der Waals surface area (Å²) < 4.78 is 1.97. The lowest BCUT2D eigenvalue weighted by atomic mass is 9.91. The Balaban J connectivity index is 1.62. The third-order valence-corrected chi connectivity index (χ3v) is 5.41. The summed E-state index contributed by atoms with van der Waals surface area (Å²) >= 11 is 0. The van der Waals surface area contributed by atoms with Gasteiger partial charge in [0.1, 0.15) is 0 Å². The van der Waals surface area contributed by atoms with Gasteiger partial charge >= 0.3 is 0 Å². The number of hydrogen-bond donors (Lipinski definition) is 0. The van der Waals surface area contributed by atoms with Gasteiger partial charge in [0.2, 0.25) is 0 Å². The van der Waals surface area contributed by atoms with Crippen molar-refractivity contribution >= 4 is 22.3 Å². The first-order valence-corrected chi connectivity index (χ1v) is 9.39. The highest BCUT2D eigenvalue weighted by atomic mass is 16.6. The SMILES string of the molecule is CCn1cc(C2CCN(c3cc(C)nc4c([N+](=O)[O-])cccc34)CC2)cn1. The first kappa shape index (κ1) is 17.5. The van der Waals surface area contributed by atoms with Crippen molar-refractivity contribution in [2.45, 2.75) is 39.2 Å². The molecule has 3 aromatic rings. The molecule has 7 heteroatoms. The molecule has 1 aliphatic rings. The summed E-state index contributed by atoms with van der Waals surface area (Å²) in [6, 6.07) is 7.24. The Hall–Kier alpha value is -2.96. The molecule has 1 saturated heterocycles. The van der Waals surface area contributed by atoms with E-state index >= 15 is 0 Å². The van der Waals surface area contributed by atoms with Gasteiger partial charge in [-0.25, -0.2) is 4.98 Å². The monoisotopic (exact) mass is 365 g/mol. The van der Waals surface area contributed by atoms with Gasteiger partial charge in [-0.05, 0) is 44.2 Å². The van der Waals surface area contributed by atoms with Gasteiger partial charge in [0, 0.05) is 48.7 Å². The molecule has 2 aromatic heterocycles. The first-order valence-electron chi connectivity index (χ1n) is 9.39. The molecule has 0 amide bonds. The van der Waals surface area contributed by atoms with Crippen molar-refractivity contribution in [2.24, 2.45) is 0 Å². The number of rotatable bonds is 4. The molecule has 1 aliphatic heterocycles. The minimum absolute atomic E-state index is 0.0688. The second-order valence-corrected chi connectivity index (χ2v) is 7.10.